The summed E-state index contributed by atoms with van der Waals surface area (Å²) in [5.74, 6) is 0.379. The second kappa shape index (κ2) is 8.07. The van der Waals surface area contributed by atoms with Crippen LogP contribution in [0.3, 0.4) is 0 Å². The largest absolute Gasteiger partial charge is 0.369 e. The number of anilines is 1. The number of pyridine rings is 1. The lowest BCUT2D eigenvalue weighted by Gasteiger charge is -2.19. The van der Waals surface area contributed by atoms with Crippen molar-refractivity contribution in [3.8, 4) is 0 Å². The second-order valence-electron chi connectivity index (χ2n) is 5.21. The minimum atomic E-state index is -3.62. The Balaban J connectivity index is 3.03. The molecule has 0 aliphatic heterocycles. The van der Waals surface area contributed by atoms with E-state index in [0.717, 1.165) is 6.42 Å². The van der Waals surface area contributed by atoms with Gasteiger partial charge in [0.2, 0.25) is 10.0 Å². The SMILES string of the molecule is CCCNc1ncc(Br)cc1S(=O)(=O)NC(C)CN(C)C. The van der Waals surface area contributed by atoms with E-state index in [0.29, 0.717) is 23.4 Å². The first-order valence-corrected chi connectivity index (χ1v) is 9.10. The second-order valence-corrected chi connectivity index (χ2v) is 7.81. The first-order valence-electron chi connectivity index (χ1n) is 6.82. The van der Waals surface area contributed by atoms with E-state index in [9.17, 15) is 8.42 Å². The summed E-state index contributed by atoms with van der Waals surface area (Å²) in [5, 5.41) is 3.05. The van der Waals surface area contributed by atoms with Crippen LogP contribution in [0.5, 0.6) is 0 Å². The summed E-state index contributed by atoms with van der Waals surface area (Å²) in [4.78, 5) is 6.26. The Labute approximate surface area is 135 Å². The maximum Gasteiger partial charge on any atom is 0.244 e. The van der Waals surface area contributed by atoms with Crippen LogP contribution in [0, 0.1) is 0 Å². The Morgan fingerprint density at radius 1 is 1.43 bits per heavy atom. The third kappa shape index (κ3) is 5.90. The molecule has 1 aromatic heterocycles. The van der Waals surface area contributed by atoms with Gasteiger partial charge in [-0.25, -0.2) is 18.1 Å². The Kier molecular flexibility index (Phi) is 7.05. The van der Waals surface area contributed by atoms with Crippen LogP contribution in [-0.4, -0.2) is 51.5 Å². The zero-order valence-corrected chi connectivity index (χ0v) is 15.3. The van der Waals surface area contributed by atoms with Crippen molar-refractivity contribution in [2.45, 2.75) is 31.2 Å². The molecule has 120 valence electrons. The van der Waals surface area contributed by atoms with Crippen molar-refractivity contribution >= 4 is 31.8 Å². The van der Waals surface area contributed by atoms with Gasteiger partial charge in [-0.3, -0.25) is 0 Å². The van der Waals surface area contributed by atoms with E-state index in [1.165, 1.54) is 0 Å². The number of nitrogens with zero attached hydrogens (tertiary/aromatic N) is 2. The normalized spacial score (nSPS) is 13.4. The summed E-state index contributed by atoms with van der Waals surface area (Å²) in [7, 11) is 0.185. The van der Waals surface area contributed by atoms with Gasteiger partial charge in [-0.2, -0.15) is 0 Å². The van der Waals surface area contributed by atoms with Gasteiger partial charge < -0.3 is 10.2 Å². The molecule has 1 rings (SSSR count). The monoisotopic (exact) mass is 378 g/mol. The van der Waals surface area contributed by atoms with Gasteiger partial charge in [0.05, 0.1) is 0 Å². The smallest absolute Gasteiger partial charge is 0.244 e. The lowest BCUT2D eigenvalue weighted by molar-refractivity contribution is 0.370. The van der Waals surface area contributed by atoms with Gasteiger partial charge in [-0.1, -0.05) is 6.92 Å². The van der Waals surface area contributed by atoms with Gasteiger partial charge in [-0.05, 0) is 49.4 Å². The van der Waals surface area contributed by atoms with Crippen LogP contribution in [0.15, 0.2) is 21.6 Å². The molecular formula is C13H23BrN4O2S. The fourth-order valence-electron chi connectivity index (χ4n) is 1.92. The zero-order valence-electron chi connectivity index (χ0n) is 12.9. The topological polar surface area (TPSA) is 74.3 Å². The van der Waals surface area contributed by atoms with Crippen LogP contribution in [0.4, 0.5) is 5.82 Å². The highest BCUT2D eigenvalue weighted by Gasteiger charge is 2.22. The summed E-state index contributed by atoms with van der Waals surface area (Å²) in [5.41, 5.74) is 0. The summed E-state index contributed by atoms with van der Waals surface area (Å²) >= 11 is 3.27. The van der Waals surface area contributed by atoms with Crippen molar-refractivity contribution in [3.05, 3.63) is 16.7 Å². The predicted molar refractivity (Wildman–Crippen MR) is 89.1 cm³/mol. The highest BCUT2D eigenvalue weighted by atomic mass is 79.9. The van der Waals surface area contributed by atoms with Gasteiger partial charge >= 0.3 is 0 Å². The highest BCUT2D eigenvalue weighted by molar-refractivity contribution is 9.10. The van der Waals surface area contributed by atoms with Crippen molar-refractivity contribution in [3.63, 3.8) is 0 Å². The average molecular weight is 379 g/mol. The van der Waals surface area contributed by atoms with Gasteiger partial charge in [0.15, 0.2) is 0 Å². The quantitative estimate of drug-likeness (QED) is 0.722. The van der Waals surface area contributed by atoms with Gasteiger partial charge in [0.25, 0.3) is 0 Å². The van der Waals surface area contributed by atoms with Crippen LogP contribution >= 0.6 is 15.9 Å². The van der Waals surface area contributed by atoms with Crippen LogP contribution in [0.25, 0.3) is 0 Å². The molecule has 0 aliphatic carbocycles. The number of halogens is 1. The maximum absolute atomic E-state index is 12.5. The minimum absolute atomic E-state index is 0.163. The fourth-order valence-corrected chi connectivity index (χ4v) is 3.79. The predicted octanol–water partition coefficient (Wildman–Crippen LogP) is 1.89. The molecule has 1 aromatic rings. The number of hydrogen-bond donors (Lipinski definition) is 2. The molecule has 1 heterocycles. The number of aromatic nitrogens is 1. The number of likely N-dealkylation sites (N-methyl/N-ethyl adjacent to an activating group) is 1. The molecule has 0 bridgehead atoms. The van der Waals surface area contributed by atoms with Crippen LogP contribution in [-0.2, 0) is 10.0 Å². The summed E-state index contributed by atoms with van der Waals surface area (Å²) in [6, 6.07) is 1.37. The number of sulfonamides is 1. The van der Waals surface area contributed by atoms with Gasteiger partial charge in [0.1, 0.15) is 10.7 Å². The Morgan fingerprint density at radius 3 is 2.67 bits per heavy atom. The van der Waals surface area contributed by atoms with Crippen molar-refractivity contribution < 1.29 is 8.42 Å². The number of nitrogens with one attached hydrogen (secondary N) is 2. The Bertz CT molecular complexity index is 563. The van der Waals surface area contributed by atoms with Crippen molar-refractivity contribution in [2.24, 2.45) is 0 Å². The average Bonchev–Trinajstić information content (AvgIpc) is 2.35. The molecule has 6 nitrogen and oxygen atoms in total. The third-order valence-electron chi connectivity index (χ3n) is 2.65. The molecule has 0 saturated heterocycles. The molecule has 0 saturated carbocycles. The van der Waals surface area contributed by atoms with E-state index in [1.54, 1.807) is 12.3 Å². The molecule has 0 fully saturated rings. The Morgan fingerprint density at radius 2 is 2.10 bits per heavy atom. The van der Waals surface area contributed by atoms with Crippen molar-refractivity contribution in [1.29, 1.82) is 0 Å². The van der Waals surface area contributed by atoms with Gasteiger partial charge in [0, 0.05) is 29.8 Å². The molecule has 0 amide bonds. The molecule has 8 heteroatoms. The maximum atomic E-state index is 12.5. The standard InChI is InChI=1S/C13H23BrN4O2S/c1-5-6-15-13-12(7-11(14)8-16-13)21(19,20)17-10(2)9-18(3)4/h7-8,10,17H,5-6,9H2,1-4H3,(H,15,16). The van der Waals surface area contributed by atoms with Crippen molar-refractivity contribution in [2.75, 3.05) is 32.5 Å². The van der Waals surface area contributed by atoms with E-state index < -0.39 is 10.0 Å². The molecule has 1 atom stereocenters. The van der Waals surface area contributed by atoms with Crippen molar-refractivity contribution in [1.82, 2.24) is 14.6 Å². The Hall–Kier alpha value is -0.700. The lowest BCUT2D eigenvalue weighted by atomic mass is 10.3. The fraction of sp³-hybridized carbons (Fsp3) is 0.615. The number of rotatable bonds is 8. The molecule has 21 heavy (non-hydrogen) atoms. The van der Waals surface area contributed by atoms with E-state index in [4.69, 9.17) is 0 Å². The first-order chi connectivity index (χ1) is 9.76. The highest BCUT2D eigenvalue weighted by Crippen LogP contribution is 2.23. The zero-order chi connectivity index (χ0) is 16.0. The summed E-state index contributed by atoms with van der Waals surface area (Å²) in [6.45, 7) is 5.14. The molecule has 0 aliphatic rings. The van der Waals surface area contributed by atoms with Crippen LogP contribution in [0.1, 0.15) is 20.3 Å². The van der Waals surface area contributed by atoms with E-state index >= 15 is 0 Å². The minimum Gasteiger partial charge on any atom is -0.369 e. The van der Waals surface area contributed by atoms with Gasteiger partial charge in [-0.15, -0.1) is 0 Å². The van der Waals surface area contributed by atoms with E-state index in [1.807, 2.05) is 32.8 Å². The molecule has 2 N–H and O–H groups in total. The molecule has 0 radical (unpaired) electrons. The molecule has 1 unspecified atom stereocenters. The lowest BCUT2D eigenvalue weighted by Crippen LogP contribution is -2.39. The summed E-state index contributed by atoms with van der Waals surface area (Å²) in [6.07, 6.45) is 2.47. The van der Waals surface area contributed by atoms with Crippen LogP contribution in [0.2, 0.25) is 0 Å². The number of hydrogen-bond acceptors (Lipinski definition) is 5. The van der Waals surface area contributed by atoms with E-state index in [2.05, 4.69) is 31.0 Å². The molecular weight excluding hydrogens is 356 g/mol. The summed E-state index contributed by atoms with van der Waals surface area (Å²) < 4.78 is 28.4. The van der Waals surface area contributed by atoms with E-state index in [-0.39, 0.29) is 10.9 Å². The molecule has 0 spiro atoms. The first kappa shape index (κ1) is 18.3. The third-order valence-corrected chi connectivity index (χ3v) is 4.68. The van der Waals surface area contributed by atoms with Crippen LogP contribution < -0.4 is 10.0 Å². The molecule has 0 aromatic carbocycles.